The fraction of sp³-hybridized carbons (Fsp3) is 0.722. The van der Waals surface area contributed by atoms with Gasteiger partial charge in [-0.05, 0) is 25.7 Å². The van der Waals surface area contributed by atoms with Crippen molar-refractivity contribution in [2.45, 2.75) is 58.1 Å². The molecule has 2 rings (SSSR count). The fourth-order valence-corrected chi connectivity index (χ4v) is 3.22. The topological polar surface area (TPSA) is 84.5 Å². The minimum absolute atomic E-state index is 0.0168. The van der Waals surface area contributed by atoms with Gasteiger partial charge in [0.05, 0.1) is 31.6 Å². The quantitative estimate of drug-likeness (QED) is 0.763. The van der Waals surface area contributed by atoms with E-state index in [9.17, 15) is 9.59 Å². The van der Waals surface area contributed by atoms with E-state index >= 15 is 0 Å². The highest BCUT2D eigenvalue weighted by atomic mass is 16.5. The lowest BCUT2D eigenvalue weighted by Gasteiger charge is -2.30. The van der Waals surface area contributed by atoms with Crippen LogP contribution in [0.4, 0.5) is 0 Å². The third-order valence-electron chi connectivity index (χ3n) is 4.96. The first-order valence-corrected chi connectivity index (χ1v) is 8.83. The standard InChI is InChI=1S/C18H29N3O4/c1-11(2)14-10-19-17(20-14)15-7-6-8-21(15)18(23)13(12(3)24-4)9-16(22)25-5/h10-13,15H,6-9H2,1-5H3,(H,19,20)/t12-,13+,15+/m1/s1. The number of hydrogen-bond donors (Lipinski definition) is 1. The molecule has 1 aliphatic rings. The number of methoxy groups -OCH3 is 2. The van der Waals surface area contributed by atoms with Gasteiger partial charge in [0, 0.05) is 25.5 Å². The molecule has 0 aliphatic carbocycles. The van der Waals surface area contributed by atoms with Crippen LogP contribution in [0.2, 0.25) is 0 Å². The Morgan fingerprint density at radius 1 is 1.36 bits per heavy atom. The average molecular weight is 351 g/mol. The lowest BCUT2D eigenvalue weighted by Crippen LogP contribution is -2.41. The molecule has 140 valence electrons. The average Bonchev–Trinajstić information content (AvgIpc) is 3.26. The molecule has 1 aromatic heterocycles. The lowest BCUT2D eigenvalue weighted by molar-refractivity contribution is -0.151. The van der Waals surface area contributed by atoms with Crippen molar-refractivity contribution in [2.24, 2.45) is 5.92 Å². The molecule has 0 radical (unpaired) electrons. The second-order valence-corrected chi connectivity index (χ2v) is 6.90. The van der Waals surface area contributed by atoms with Crippen LogP contribution in [-0.4, -0.2) is 53.6 Å². The fourth-order valence-electron chi connectivity index (χ4n) is 3.22. The molecule has 0 unspecified atom stereocenters. The summed E-state index contributed by atoms with van der Waals surface area (Å²) in [6.07, 6.45) is 3.27. The molecule has 7 heteroatoms. The highest BCUT2D eigenvalue weighted by Gasteiger charge is 2.38. The number of aromatic nitrogens is 2. The van der Waals surface area contributed by atoms with Crippen molar-refractivity contribution in [1.82, 2.24) is 14.9 Å². The number of nitrogens with zero attached hydrogens (tertiary/aromatic N) is 2. The molecule has 0 saturated carbocycles. The molecule has 2 heterocycles. The monoisotopic (exact) mass is 351 g/mol. The molecule has 7 nitrogen and oxygen atoms in total. The van der Waals surface area contributed by atoms with Crippen LogP contribution >= 0.6 is 0 Å². The number of esters is 1. The van der Waals surface area contributed by atoms with Gasteiger partial charge in [0.2, 0.25) is 5.91 Å². The number of amides is 1. The van der Waals surface area contributed by atoms with Crippen molar-refractivity contribution in [2.75, 3.05) is 20.8 Å². The van der Waals surface area contributed by atoms with Gasteiger partial charge in [-0.3, -0.25) is 9.59 Å². The van der Waals surface area contributed by atoms with E-state index in [0.717, 1.165) is 24.4 Å². The van der Waals surface area contributed by atoms with E-state index in [1.54, 1.807) is 14.0 Å². The zero-order chi connectivity index (χ0) is 18.6. The summed E-state index contributed by atoms with van der Waals surface area (Å²) in [5, 5.41) is 0. The molecular weight excluding hydrogens is 322 g/mol. The summed E-state index contributed by atoms with van der Waals surface area (Å²) in [6, 6.07) is -0.0794. The van der Waals surface area contributed by atoms with Crippen molar-refractivity contribution in [3.05, 3.63) is 17.7 Å². The molecule has 1 saturated heterocycles. The van der Waals surface area contributed by atoms with Crippen molar-refractivity contribution in [3.63, 3.8) is 0 Å². The largest absolute Gasteiger partial charge is 0.469 e. The number of hydrogen-bond acceptors (Lipinski definition) is 5. The van der Waals surface area contributed by atoms with E-state index in [1.165, 1.54) is 7.11 Å². The van der Waals surface area contributed by atoms with Gasteiger partial charge in [0.25, 0.3) is 0 Å². The maximum absolute atomic E-state index is 13.1. The maximum Gasteiger partial charge on any atom is 0.306 e. The van der Waals surface area contributed by atoms with Crippen LogP contribution in [0.5, 0.6) is 0 Å². The Balaban J connectivity index is 2.20. The van der Waals surface area contributed by atoms with Crippen molar-refractivity contribution in [3.8, 4) is 0 Å². The van der Waals surface area contributed by atoms with E-state index in [0.29, 0.717) is 12.5 Å². The first-order chi connectivity index (χ1) is 11.9. The summed E-state index contributed by atoms with van der Waals surface area (Å²) < 4.78 is 10.1. The molecular formula is C18H29N3O4. The zero-order valence-corrected chi connectivity index (χ0v) is 15.7. The Morgan fingerprint density at radius 3 is 2.64 bits per heavy atom. The predicted molar refractivity (Wildman–Crippen MR) is 93.0 cm³/mol. The molecule has 1 aromatic rings. The van der Waals surface area contributed by atoms with Crippen molar-refractivity contribution >= 4 is 11.9 Å². The zero-order valence-electron chi connectivity index (χ0n) is 15.7. The number of carbonyl (C=O) groups excluding carboxylic acids is 2. The van der Waals surface area contributed by atoms with Gasteiger partial charge < -0.3 is 19.4 Å². The van der Waals surface area contributed by atoms with Gasteiger partial charge in [0.1, 0.15) is 5.82 Å². The summed E-state index contributed by atoms with van der Waals surface area (Å²) in [5.74, 6) is 0.129. The summed E-state index contributed by atoms with van der Waals surface area (Å²) in [7, 11) is 2.88. The van der Waals surface area contributed by atoms with Crippen molar-refractivity contribution < 1.29 is 19.1 Å². The molecule has 0 spiro atoms. The second kappa shape index (κ2) is 8.47. The Morgan fingerprint density at radius 2 is 2.08 bits per heavy atom. The van der Waals surface area contributed by atoms with Crippen LogP contribution < -0.4 is 0 Å². The molecule has 0 bridgehead atoms. The molecule has 3 atom stereocenters. The molecule has 1 N–H and O–H groups in total. The number of imidazole rings is 1. The number of nitrogens with one attached hydrogen (secondary N) is 1. The van der Waals surface area contributed by atoms with E-state index in [-0.39, 0.29) is 24.5 Å². The van der Waals surface area contributed by atoms with E-state index in [4.69, 9.17) is 9.47 Å². The van der Waals surface area contributed by atoms with Crippen LogP contribution in [0.3, 0.4) is 0 Å². The maximum atomic E-state index is 13.1. The minimum atomic E-state index is -0.558. The van der Waals surface area contributed by atoms with E-state index < -0.39 is 11.9 Å². The molecule has 25 heavy (non-hydrogen) atoms. The van der Waals surface area contributed by atoms with E-state index in [1.807, 2.05) is 11.1 Å². The van der Waals surface area contributed by atoms with Crippen LogP contribution in [0, 0.1) is 5.92 Å². The lowest BCUT2D eigenvalue weighted by atomic mass is 9.97. The van der Waals surface area contributed by atoms with E-state index in [2.05, 4.69) is 23.8 Å². The van der Waals surface area contributed by atoms with Crippen LogP contribution in [-0.2, 0) is 19.1 Å². The second-order valence-electron chi connectivity index (χ2n) is 6.90. The Hall–Kier alpha value is -1.89. The van der Waals surface area contributed by atoms with Crippen LogP contribution in [0.1, 0.15) is 63.5 Å². The summed E-state index contributed by atoms with van der Waals surface area (Å²) in [6.45, 7) is 6.67. The van der Waals surface area contributed by atoms with Gasteiger partial charge in [-0.25, -0.2) is 4.98 Å². The van der Waals surface area contributed by atoms with Gasteiger partial charge >= 0.3 is 5.97 Å². The predicted octanol–water partition coefficient (Wildman–Crippen LogP) is 2.41. The van der Waals surface area contributed by atoms with Gasteiger partial charge in [-0.15, -0.1) is 0 Å². The number of ether oxygens (including phenoxy) is 2. The summed E-state index contributed by atoms with van der Waals surface area (Å²) in [5.41, 5.74) is 1.06. The smallest absolute Gasteiger partial charge is 0.306 e. The third kappa shape index (κ3) is 4.39. The number of H-pyrrole nitrogens is 1. The van der Waals surface area contributed by atoms with Gasteiger partial charge in [-0.1, -0.05) is 13.8 Å². The first kappa shape index (κ1) is 19.4. The number of rotatable bonds is 7. The highest BCUT2D eigenvalue weighted by molar-refractivity contribution is 5.84. The summed E-state index contributed by atoms with van der Waals surface area (Å²) >= 11 is 0. The summed E-state index contributed by atoms with van der Waals surface area (Å²) in [4.78, 5) is 34.5. The Labute approximate surface area is 149 Å². The van der Waals surface area contributed by atoms with Crippen LogP contribution in [0.25, 0.3) is 0 Å². The van der Waals surface area contributed by atoms with Crippen LogP contribution in [0.15, 0.2) is 6.20 Å². The van der Waals surface area contributed by atoms with Gasteiger partial charge in [-0.2, -0.15) is 0 Å². The molecule has 1 amide bonds. The van der Waals surface area contributed by atoms with Crippen molar-refractivity contribution in [1.29, 1.82) is 0 Å². The first-order valence-electron chi connectivity index (χ1n) is 8.83. The Bertz CT molecular complexity index is 599. The van der Waals surface area contributed by atoms with Gasteiger partial charge in [0.15, 0.2) is 0 Å². The SMILES string of the molecule is COC(=O)C[C@H](C(=O)N1CCC[C@H]1c1ncc(C(C)C)[nH]1)[C@@H](C)OC. The molecule has 1 fully saturated rings. The number of aromatic amines is 1. The number of likely N-dealkylation sites (tertiary alicyclic amines) is 1. The normalized spacial score (nSPS) is 19.9. The highest BCUT2D eigenvalue weighted by Crippen LogP contribution is 2.33. The minimum Gasteiger partial charge on any atom is -0.469 e. The molecule has 0 aromatic carbocycles. The number of carbonyl (C=O) groups is 2. The molecule has 1 aliphatic heterocycles. The Kier molecular flexibility index (Phi) is 6.58. The third-order valence-corrected chi connectivity index (χ3v) is 4.96.